The third kappa shape index (κ3) is 4.49. The highest BCUT2D eigenvalue weighted by Gasteiger charge is 2.32. The van der Waals surface area contributed by atoms with Gasteiger partial charge in [0.15, 0.2) is 11.6 Å². The van der Waals surface area contributed by atoms with E-state index in [-0.39, 0.29) is 46.8 Å². The molecule has 8 nitrogen and oxygen atoms in total. The summed E-state index contributed by atoms with van der Waals surface area (Å²) >= 11 is 3.54. The predicted octanol–water partition coefficient (Wildman–Crippen LogP) is 5.21. The second-order valence-electron chi connectivity index (χ2n) is 10.8. The first-order valence-electron chi connectivity index (χ1n) is 13.3. The number of aryl methyl sites for hydroxylation is 1. The van der Waals surface area contributed by atoms with E-state index in [0.717, 1.165) is 33.8 Å². The van der Waals surface area contributed by atoms with Crippen LogP contribution in [0.25, 0.3) is 10.9 Å². The van der Waals surface area contributed by atoms with Gasteiger partial charge in [-0.2, -0.15) is 4.39 Å². The van der Waals surface area contributed by atoms with Crippen LogP contribution in [0.2, 0.25) is 0 Å². The molecule has 0 radical (unpaired) electrons. The number of rotatable bonds is 5. The Morgan fingerprint density at radius 1 is 1.25 bits per heavy atom. The summed E-state index contributed by atoms with van der Waals surface area (Å²) < 4.78 is 38.6. The summed E-state index contributed by atoms with van der Waals surface area (Å²) in [4.78, 5) is 28.5. The quantitative estimate of drug-likeness (QED) is 0.309. The van der Waals surface area contributed by atoms with Crippen LogP contribution < -0.4 is 10.2 Å². The maximum Gasteiger partial charge on any atom is 0.259 e. The van der Waals surface area contributed by atoms with Gasteiger partial charge in [-0.15, -0.1) is 5.10 Å². The van der Waals surface area contributed by atoms with Gasteiger partial charge in [-0.3, -0.25) is 9.59 Å². The van der Waals surface area contributed by atoms with Gasteiger partial charge in [0.2, 0.25) is 11.2 Å². The Balaban J connectivity index is 1.20. The summed E-state index contributed by atoms with van der Waals surface area (Å²) in [6, 6.07) is 6.83. The van der Waals surface area contributed by atoms with Crippen molar-refractivity contribution < 1.29 is 18.3 Å². The lowest BCUT2D eigenvalue weighted by Crippen LogP contribution is -2.34. The zero-order valence-electron chi connectivity index (χ0n) is 22.3. The molecule has 4 heterocycles. The molecule has 2 aliphatic heterocycles. The molecule has 4 aromatic rings. The topological polar surface area (TPSA) is 82.2 Å². The van der Waals surface area contributed by atoms with Crippen LogP contribution in [0.5, 0.6) is 5.75 Å². The smallest absolute Gasteiger partial charge is 0.259 e. The Morgan fingerprint density at radius 2 is 2.05 bits per heavy atom. The van der Waals surface area contributed by atoms with Crippen molar-refractivity contribution in [2.24, 2.45) is 5.92 Å². The fourth-order valence-electron chi connectivity index (χ4n) is 5.67. The molecule has 2 aromatic carbocycles. The molecule has 2 aromatic heterocycles. The molecule has 2 aliphatic rings. The molecule has 0 N–H and O–H groups in total. The van der Waals surface area contributed by atoms with E-state index in [4.69, 9.17) is 4.74 Å². The van der Waals surface area contributed by atoms with E-state index in [9.17, 15) is 18.4 Å². The van der Waals surface area contributed by atoms with Crippen LogP contribution in [0.3, 0.4) is 0 Å². The average Bonchev–Trinajstić information content (AvgIpc) is 3.60. The Morgan fingerprint density at radius 3 is 2.83 bits per heavy atom. The minimum atomic E-state index is -1.18. The highest BCUT2D eigenvalue weighted by Crippen LogP contribution is 2.35. The number of hydrogen-bond acceptors (Lipinski definition) is 5. The lowest BCUT2D eigenvalue weighted by atomic mass is 10.0. The summed E-state index contributed by atoms with van der Waals surface area (Å²) in [5.41, 5.74) is 2.62. The number of benzene rings is 2. The van der Waals surface area contributed by atoms with Gasteiger partial charge in [0.1, 0.15) is 12.2 Å². The number of hydrogen-bond donors (Lipinski definition) is 0. The van der Waals surface area contributed by atoms with E-state index in [1.165, 1.54) is 6.20 Å². The summed E-state index contributed by atoms with van der Waals surface area (Å²) in [7, 11) is 0. The molecule has 3 atom stereocenters. The van der Waals surface area contributed by atoms with E-state index in [1.54, 1.807) is 9.47 Å². The second kappa shape index (κ2) is 10.1. The number of carbonyl (C=O) groups is 1. The van der Waals surface area contributed by atoms with Crippen LogP contribution in [-0.2, 0) is 6.42 Å². The van der Waals surface area contributed by atoms with Crippen molar-refractivity contribution in [1.29, 1.82) is 0 Å². The average molecular weight is 612 g/mol. The Labute approximate surface area is 237 Å². The van der Waals surface area contributed by atoms with Crippen molar-refractivity contribution in [2.75, 3.05) is 19.7 Å². The first-order valence-corrected chi connectivity index (χ1v) is 14.1. The first kappa shape index (κ1) is 26.6. The maximum atomic E-state index is 14.4. The van der Waals surface area contributed by atoms with Crippen LogP contribution in [0.1, 0.15) is 59.5 Å². The molecule has 11 heteroatoms. The second-order valence-corrected chi connectivity index (χ2v) is 11.7. The minimum Gasteiger partial charge on any atom is -0.486 e. The van der Waals surface area contributed by atoms with Gasteiger partial charge in [-0.25, -0.2) is 9.07 Å². The van der Waals surface area contributed by atoms with Crippen molar-refractivity contribution in [3.63, 3.8) is 0 Å². The molecule has 1 saturated heterocycles. The fraction of sp³-hybridized carbons (Fsp3) is 0.379. The molecule has 208 valence electrons. The molecule has 1 amide bonds. The fourth-order valence-corrected chi connectivity index (χ4v) is 5.92. The lowest BCUT2D eigenvalue weighted by Gasteiger charge is -2.27. The summed E-state index contributed by atoms with van der Waals surface area (Å²) in [5, 5.41) is 8.65. The van der Waals surface area contributed by atoms with E-state index in [1.807, 2.05) is 30.8 Å². The highest BCUT2D eigenvalue weighted by molar-refractivity contribution is 9.10. The lowest BCUT2D eigenvalue weighted by molar-refractivity contribution is 0.0784. The van der Waals surface area contributed by atoms with Crippen molar-refractivity contribution in [3.05, 3.63) is 85.4 Å². The van der Waals surface area contributed by atoms with Gasteiger partial charge < -0.3 is 14.2 Å². The van der Waals surface area contributed by atoms with E-state index >= 15 is 0 Å². The van der Waals surface area contributed by atoms with Gasteiger partial charge in [-0.1, -0.05) is 33.3 Å². The van der Waals surface area contributed by atoms with Gasteiger partial charge in [0.05, 0.1) is 28.7 Å². The number of likely N-dealkylation sites (tertiary alicyclic amines) is 1. The van der Waals surface area contributed by atoms with Gasteiger partial charge in [0.25, 0.3) is 5.91 Å². The summed E-state index contributed by atoms with van der Waals surface area (Å²) in [6.07, 6.45) is 4.82. The number of halogens is 3. The van der Waals surface area contributed by atoms with Crippen LogP contribution in [0.4, 0.5) is 8.78 Å². The molecule has 6 rings (SSSR count). The summed E-state index contributed by atoms with van der Waals surface area (Å²) in [5.74, 6) is -2.85. The molecular formula is C29H28BrF2N5O3. The van der Waals surface area contributed by atoms with Crippen molar-refractivity contribution in [2.45, 2.75) is 45.7 Å². The van der Waals surface area contributed by atoms with Gasteiger partial charge in [-0.05, 0) is 62.8 Å². The predicted molar refractivity (Wildman–Crippen MR) is 149 cm³/mol. The number of aromatic nitrogens is 4. The maximum absolute atomic E-state index is 14.4. The Hall–Kier alpha value is -3.60. The van der Waals surface area contributed by atoms with Crippen LogP contribution in [0.15, 0.2) is 45.9 Å². The van der Waals surface area contributed by atoms with E-state index < -0.39 is 23.0 Å². The van der Waals surface area contributed by atoms with Crippen LogP contribution in [-0.4, -0.2) is 50.1 Å². The monoisotopic (exact) mass is 611 g/mol. The number of pyridine rings is 1. The SMILES string of the molecule is Cc1cc([C@H](C)n2cc(CC3CCN(C(=O)c4cn5c6c(c(F)c(F)cc6c4=O)OC[C@@H]5C)C3)nn2)ccc1Br. The Kier molecular flexibility index (Phi) is 6.72. The number of ether oxygens (including phenoxy) is 1. The van der Waals surface area contributed by atoms with E-state index in [2.05, 4.69) is 45.3 Å². The molecule has 1 fully saturated rings. The first-order chi connectivity index (χ1) is 19.1. The Bertz CT molecular complexity index is 1720. The van der Waals surface area contributed by atoms with Crippen molar-refractivity contribution in [1.82, 2.24) is 24.5 Å². The number of amides is 1. The zero-order chi connectivity index (χ0) is 28.3. The molecular weight excluding hydrogens is 584 g/mol. The molecule has 0 bridgehead atoms. The van der Waals surface area contributed by atoms with Crippen molar-refractivity contribution >= 4 is 32.7 Å². The minimum absolute atomic E-state index is 0.0169. The van der Waals surface area contributed by atoms with Crippen molar-refractivity contribution in [3.8, 4) is 5.75 Å². The molecule has 0 spiro atoms. The van der Waals surface area contributed by atoms with Gasteiger partial charge in [0, 0.05) is 30.0 Å². The third-order valence-corrected chi connectivity index (χ3v) is 8.92. The number of carbonyl (C=O) groups excluding carboxylic acids is 1. The normalized spacial score (nSPS) is 19.2. The standard InChI is InChI=1S/C29H28BrF2N5O3/c1-15-8-19(4-5-23(15)30)17(3)37-12-20(33-34-37)9-18-6-7-35(11-18)29(39)22-13-36-16(2)14-40-28-25(32)24(31)10-21(26(28)36)27(22)38/h4-5,8,10,12-13,16-18H,6-7,9,11,14H2,1-3H3/t16-,17-,18?/m0/s1. The zero-order valence-corrected chi connectivity index (χ0v) is 23.9. The summed E-state index contributed by atoms with van der Waals surface area (Å²) in [6.45, 7) is 7.01. The van der Waals surface area contributed by atoms with Crippen LogP contribution in [0, 0.1) is 24.5 Å². The highest BCUT2D eigenvalue weighted by atomic mass is 79.9. The largest absolute Gasteiger partial charge is 0.486 e. The molecule has 0 aliphatic carbocycles. The van der Waals surface area contributed by atoms with Crippen LogP contribution >= 0.6 is 15.9 Å². The third-order valence-electron chi connectivity index (χ3n) is 8.03. The molecule has 0 saturated carbocycles. The van der Waals surface area contributed by atoms with Gasteiger partial charge >= 0.3 is 0 Å². The number of nitrogens with zero attached hydrogens (tertiary/aromatic N) is 5. The van der Waals surface area contributed by atoms with E-state index in [0.29, 0.717) is 19.5 Å². The molecule has 1 unspecified atom stereocenters. The molecule has 40 heavy (non-hydrogen) atoms.